The first-order valence-electron chi connectivity index (χ1n) is 7.32. The second-order valence-electron chi connectivity index (χ2n) is 5.65. The van der Waals surface area contributed by atoms with Crippen LogP contribution >= 0.6 is 0 Å². The zero-order valence-electron chi connectivity index (χ0n) is 11.9. The van der Waals surface area contributed by atoms with Crippen molar-refractivity contribution in [3.05, 3.63) is 11.7 Å². The number of hydrogen-bond acceptors (Lipinski definition) is 4. The molecule has 21 heavy (non-hydrogen) atoms. The summed E-state index contributed by atoms with van der Waals surface area (Å²) in [6.45, 7) is 2.16. The van der Waals surface area contributed by atoms with Crippen molar-refractivity contribution in [3.63, 3.8) is 0 Å². The Morgan fingerprint density at radius 3 is 2.52 bits per heavy atom. The summed E-state index contributed by atoms with van der Waals surface area (Å²) >= 11 is 0. The Morgan fingerprint density at radius 1 is 1.29 bits per heavy atom. The van der Waals surface area contributed by atoms with Gasteiger partial charge in [-0.2, -0.15) is 18.2 Å². The quantitative estimate of drug-likeness (QED) is 0.830. The standard InChI is InChI=1S/C14H19F3N2O2/c1-2-3-9-4-6-10(7-5-9)13-18-12(21-19-13)8-11(20)14(15,16)17/h9-10H,2-8H2,1H3. The molecule has 1 aliphatic rings. The third-order valence-electron chi connectivity index (χ3n) is 4.02. The van der Waals surface area contributed by atoms with E-state index in [-0.39, 0.29) is 11.8 Å². The Balaban J connectivity index is 1.90. The largest absolute Gasteiger partial charge is 0.450 e. The van der Waals surface area contributed by atoms with Gasteiger partial charge in [-0.3, -0.25) is 4.79 Å². The van der Waals surface area contributed by atoms with Crippen molar-refractivity contribution in [1.82, 2.24) is 10.1 Å². The summed E-state index contributed by atoms with van der Waals surface area (Å²) in [6.07, 6.45) is 0.682. The van der Waals surface area contributed by atoms with Crippen LogP contribution in [0.4, 0.5) is 13.2 Å². The molecule has 0 atom stereocenters. The Morgan fingerprint density at radius 2 is 1.95 bits per heavy atom. The number of alkyl halides is 3. The molecule has 118 valence electrons. The van der Waals surface area contributed by atoms with Crippen molar-refractivity contribution in [2.24, 2.45) is 5.92 Å². The molecule has 2 rings (SSSR count). The van der Waals surface area contributed by atoms with Crippen LogP contribution in [0.2, 0.25) is 0 Å². The molecule has 1 saturated carbocycles. The second kappa shape index (κ2) is 6.58. The number of carbonyl (C=O) groups excluding carboxylic acids is 1. The van der Waals surface area contributed by atoms with Gasteiger partial charge in [-0.05, 0) is 31.6 Å². The summed E-state index contributed by atoms with van der Waals surface area (Å²) in [7, 11) is 0. The van der Waals surface area contributed by atoms with Gasteiger partial charge in [0.05, 0.1) is 6.42 Å². The van der Waals surface area contributed by atoms with Crippen molar-refractivity contribution in [1.29, 1.82) is 0 Å². The van der Waals surface area contributed by atoms with Crippen molar-refractivity contribution in [2.75, 3.05) is 0 Å². The van der Waals surface area contributed by atoms with Crippen LogP contribution in [0.25, 0.3) is 0 Å². The predicted molar refractivity (Wildman–Crippen MR) is 68.7 cm³/mol. The van der Waals surface area contributed by atoms with Gasteiger partial charge < -0.3 is 4.52 Å². The molecule has 0 amide bonds. The highest BCUT2D eigenvalue weighted by molar-refractivity contribution is 5.85. The van der Waals surface area contributed by atoms with E-state index in [1.54, 1.807) is 0 Å². The Kier molecular flexibility index (Phi) is 5.00. The Labute approximate surface area is 121 Å². The van der Waals surface area contributed by atoms with Crippen LogP contribution in [0, 0.1) is 5.92 Å². The van der Waals surface area contributed by atoms with Gasteiger partial charge in [0.15, 0.2) is 5.82 Å². The lowest BCUT2D eigenvalue weighted by Crippen LogP contribution is -2.24. The lowest BCUT2D eigenvalue weighted by Gasteiger charge is -2.26. The topological polar surface area (TPSA) is 56.0 Å². The number of nitrogens with zero attached hydrogens (tertiary/aromatic N) is 2. The van der Waals surface area contributed by atoms with Gasteiger partial charge in [0, 0.05) is 5.92 Å². The Hall–Kier alpha value is -1.40. The minimum absolute atomic E-state index is 0.136. The van der Waals surface area contributed by atoms with E-state index in [1.807, 2.05) is 0 Å². The normalized spacial score (nSPS) is 23.2. The summed E-state index contributed by atoms with van der Waals surface area (Å²) in [5.41, 5.74) is 0. The number of ketones is 1. The maximum atomic E-state index is 12.2. The van der Waals surface area contributed by atoms with Crippen LogP contribution in [0.3, 0.4) is 0 Å². The van der Waals surface area contributed by atoms with Crippen LogP contribution in [0.5, 0.6) is 0 Å². The smallest absolute Gasteiger partial charge is 0.339 e. The molecule has 0 spiro atoms. The Bertz CT molecular complexity index is 477. The lowest BCUT2D eigenvalue weighted by molar-refractivity contribution is -0.170. The second-order valence-corrected chi connectivity index (χ2v) is 5.65. The van der Waals surface area contributed by atoms with Crippen molar-refractivity contribution in [2.45, 2.75) is 64.0 Å². The molecule has 0 saturated heterocycles. The predicted octanol–water partition coefficient (Wildman–Crippen LogP) is 3.82. The van der Waals surface area contributed by atoms with Gasteiger partial charge in [-0.25, -0.2) is 0 Å². The van der Waals surface area contributed by atoms with Crippen molar-refractivity contribution in [3.8, 4) is 0 Å². The van der Waals surface area contributed by atoms with E-state index in [4.69, 9.17) is 4.52 Å². The molecule has 1 aromatic rings. The maximum absolute atomic E-state index is 12.2. The number of hydrogen-bond donors (Lipinski definition) is 0. The summed E-state index contributed by atoms with van der Waals surface area (Å²) < 4.78 is 41.3. The minimum Gasteiger partial charge on any atom is -0.339 e. The lowest BCUT2D eigenvalue weighted by atomic mass is 9.80. The SMILES string of the molecule is CCCC1CCC(c2noc(CC(=O)C(F)(F)F)n2)CC1. The van der Waals surface area contributed by atoms with E-state index in [1.165, 1.54) is 12.8 Å². The molecule has 1 aliphatic carbocycles. The van der Waals surface area contributed by atoms with E-state index >= 15 is 0 Å². The van der Waals surface area contributed by atoms with Crippen molar-refractivity contribution >= 4 is 5.78 Å². The van der Waals surface area contributed by atoms with Crippen LogP contribution in [0.15, 0.2) is 4.52 Å². The molecule has 0 unspecified atom stereocenters. The van der Waals surface area contributed by atoms with Gasteiger partial charge >= 0.3 is 6.18 Å². The fourth-order valence-corrected chi connectivity index (χ4v) is 2.86. The summed E-state index contributed by atoms with van der Waals surface area (Å²) in [6, 6.07) is 0. The number of Topliss-reactive ketones (excluding diaryl/α,β-unsaturated/α-hetero) is 1. The number of rotatable bonds is 5. The molecule has 0 aliphatic heterocycles. The number of halogens is 3. The van der Waals surface area contributed by atoms with Gasteiger partial charge in [0.25, 0.3) is 0 Å². The summed E-state index contributed by atoms with van der Waals surface area (Å²) in [5, 5.41) is 3.74. The molecule has 1 heterocycles. The number of carbonyl (C=O) groups is 1. The van der Waals surface area contributed by atoms with E-state index < -0.39 is 18.4 Å². The molecule has 0 radical (unpaired) electrons. The van der Waals surface area contributed by atoms with Gasteiger partial charge in [-0.15, -0.1) is 0 Å². The molecule has 1 fully saturated rings. The highest BCUT2D eigenvalue weighted by Crippen LogP contribution is 2.36. The monoisotopic (exact) mass is 304 g/mol. The summed E-state index contributed by atoms with van der Waals surface area (Å²) in [5.74, 6) is -0.802. The zero-order chi connectivity index (χ0) is 15.5. The highest BCUT2D eigenvalue weighted by Gasteiger charge is 2.39. The first-order chi connectivity index (χ1) is 9.90. The third kappa shape index (κ3) is 4.28. The molecule has 1 aromatic heterocycles. The third-order valence-corrected chi connectivity index (χ3v) is 4.02. The fraction of sp³-hybridized carbons (Fsp3) is 0.786. The highest BCUT2D eigenvalue weighted by atomic mass is 19.4. The first-order valence-corrected chi connectivity index (χ1v) is 7.32. The molecular weight excluding hydrogens is 285 g/mol. The van der Waals surface area contributed by atoms with E-state index in [2.05, 4.69) is 17.1 Å². The van der Waals surface area contributed by atoms with Crippen LogP contribution in [0.1, 0.15) is 63.1 Å². The zero-order valence-corrected chi connectivity index (χ0v) is 11.9. The van der Waals surface area contributed by atoms with Gasteiger partial charge in [0.1, 0.15) is 0 Å². The average Bonchev–Trinajstić information content (AvgIpc) is 2.87. The molecule has 7 heteroatoms. The first kappa shape index (κ1) is 16.0. The van der Waals surface area contributed by atoms with E-state index in [0.717, 1.165) is 31.6 Å². The van der Waals surface area contributed by atoms with Crippen LogP contribution in [-0.2, 0) is 11.2 Å². The number of aromatic nitrogens is 2. The van der Waals surface area contributed by atoms with Gasteiger partial charge in [0.2, 0.25) is 11.7 Å². The van der Waals surface area contributed by atoms with Crippen molar-refractivity contribution < 1.29 is 22.5 Å². The van der Waals surface area contributed by atoms with Gasteiger partial charge in [-0.1, -0.05) is 24.9 Å². The average molecular weight is 304 g/mol. The molecule has 4 nitrogen and oxygen atoms in total. The molecular formula is C14H19F3N2O2. The minimum atomic E-state index is -4.85. The maximum Gasteiger partial charge on any atom is 0.450 e. The molecule has 0 bridgehead atoms. The van der Waals surface area contributed by atoms with E-state index in [9.17, 15) is 18.0 Å². The molecule has 0 N–H and O–H groups in total. The molecule has 0 aromatic carbocycles. The summed E-state index contributed by atoms with van der Waals surface area (Å²) in [4.78, 5) is 14.8. The van der Waals surface area contributed by atoms with Crippen LogP contribution in [-0.4, -0.2) is 22.1 Å². The van der Waals surface area contributed by atoms with Crippen LogP contribution < -0.4 is 0 Å². The van der Waals surface area contributed by atoms with E-state index in [0.29, 0.717) is 5.82 Å². The fourth-order valence-electron chi connectivity index (χ4n) is 2.86.